The topological polar surface area (TPSA) is 3.24 Å². The Bertz CT molecular complexity index is 353. The summed E-state index contributed by atoms with van der Waals surface area (Å²) in [6, 6.07) is 9.21. The highest BCUT2D eigenvalue weighted by atomic mass is 32.2. The number of piperidine rings is 1. The zero-order valence-electron chi connectivity index (χ0n) is 16.4. The van der Waals surface area contributed by atoms with Gasteiger partial charge in [-0.25, -0.2) is 4.31 Å². The van der Waals surface area contributed by atoms with Crippen molar-refractivity contribution < 1.29 is 0 Å². The van der Waals surface area contributed by atoms with E-state index in [0.29, 0.717) is 0 Å². The molecule has 1 nitrogen and oxygen atoms in total. The summed E-state index contributed by atoms with van der Waals surface area (Å²) in [6.07, 6.45) is 7.92. The molecule has 1 aromatic carbocycles. The molecular weight excluding hydrogens is 298 g/mol. The summed E-state index contributed by atoms with van der Waals surface area (Å²) in [5.41, 5.74) is 1.49. The van der Waals surface area contributed by atoms with Gasteiger partial charge in [0.05, 0.1) is 0 Å². The lowest BCUT2D eigenvalue weighted by atomic mass is 10.0. The van der Waals surface area contributed by atoms with Crippen molar-refractivity contribution in [2.45, 2.75) is 85.0 Å². The van der Waals surface area contributed by atoms with Crippen LogP contribution in [0.4, 0.5) is 0 Å². The third kappa shape index (κ3) is 10.1. The minimum atomic E-state index is 0.915. The Balaban J connectivity index is 0.00000112. The van der Waals surface area contributed by atoms with Gasteiger partial charge < -0.3 is 0 Å². The molecule has 0 spiro atoms. The van der Waals surface area contributed by atoms with Crippen molar-refractivity contribution in [3.05, 3.63) is 29.8 Å². The molecule has 0 aromatic heterocycles. The van der Waals surface area contributed by atoms with Crippen molar-refractivity contribution in [3.63, 3.8) is 0 Å². The molecule has 2 rings (SSSR count). The maximum Gasteiger partial charge on any atom is 0.0230 e. The largest absolute Gasteiger partial charge is 0.246 e. The number of rotatable bonds is 6. The first-order valence-corrected chi connectivity index (χ1v) is 10.6. The molecule has 0 aliphatic carbocycles. The van der Waals surface area contributed by atoms with Gasteiger partial charge >= 0.3 is 0 Å². The predicted octanol–water partition coefficient (Wildman–Crippen LogP) is 7.21. The van der Waals surface area contributed by atoms with Crippen LogP contribution < -0.4 is 0 Å². The predicted molar refractivity (Wildman–Crippen MR) is 108 cm³/mol. The zero-order chi connectivity index (χ0) is 17.5. The Morgan fingerprint density at radius 3 is 2.04 bits per heavy atom. The number of aryl methyl sites for hydroxylation is 1. The van der Waals surface area contributed by atoms with Gasteiger partial charge in [0.15, 0.2) is 0 Å². The smallest absolute Gasteiger partial charge is 0.0230 e. The second-order valence-corrected chi connectivity index (χ2v) is 6.97. The summed E-state index contributed by atoms with van der Waals surface area (Å²) in [4.78, 5) is 1.40. The van der Waals surface area contributed by atoms with Crippen LogP contribution in [0.25, 0.3) is 0 Å². The molecule has 2 heteroatoms. The van der Waals surface area contributed by atoms with E-state index in [4.69, 9.17) is 0 Å². The Morgan fingerprint density at radius 2 is 1.52 bits per heavy atom. The fourth-order valence-electron chi connectivity index (χ4n) is 2.52. The Labute approximate surface area is 150 Å². The lowest BCUT2D eigenvalue weighted by molar-refractivity contribution is 0.308. The summed E-state index contributed by atoms with van der Waals surface area (Å²) in [5.74, 6) is 0.915. The van der Waals surface area contributed by atoms with Crippen molar-refractivity contribution in [3.8, 4) is 0 Å². The number of benzene rings is 1. The highest BCUT2D eigenvalue weighted by Gasteiger charge is 2.16. The second-order valence-electron chi connectivity index (χ2n) is 5.80. The first-order valence-electron chi connectivity index (χ1n) is 9.80. The van der Waals surface area contributed by atoms with Crippen LogP contribution in [-0.4, -0.2) is 17.4 Å². The van der Waals surface area contributed by atoms with Crippen LogP contribution in [0, 0.1) is 5.92 Å². The van der Waals surface area contributed by atoms with E-state index in [1.165, 1.54) is 62.1 Å². The maximum absolute atomic E-state index is 2.52. The maximum atomic E-state index is 2.52. The van der Waals surface area contributed by atoms with Crippen LogP contribution >= 0.6 is 11.9 Å². The van der Waals surface area contributed by atoms with Crippen molar-refractivity contribution in [1.82, 2.24) is 4.31 Å². The lowest BCUT2D eigenvalue weighted by Gasteiger charge is -2.28. The summed E-state index contributed by atoms with van der Waals surface area (Å²) >= 11 is 1.94. The molecule has 0 saturated carbocycles. The van der Waals surface area contributed by atoms with Crippen LogP contribution in [0.15, 0.2) is 29.2 Å². The highest BCUT2D eigenvalue weighted by molar-refractivity contribution is 7.97. The molecule has 1 aliphatic rings. The Morgan fingerprint density at radius 1 is 0.957 bits per heavy atom. The molecule has 23 heavy (non-hydrogen) atoms. The monoisotopic (exact) mass is 337 g/mol. The van der Waals surface area contributed by atoms with E-state index < -0.39 is 0 Å². The van der Waals surface area contributed by atoms with Crippen LogP contribution in [0.3, 0.4) is 0 Å². The lowest BCUT2D eigenvalue weighted by Crippen LogP contribution is -2.27. The Hall–Kier alpha value is -0.470. The van der Waals surface area contributed by atoms with Crippen molar-refractivity contribution in [1.29, 1.82) is 0 Å². The van der Waals surface area contributed by atoms with E-state index in [1.54, 1.807) is 0 Å². The van der Waals surface area contributed by atoms with Crippen LogP contribution in [-0.2, 0) is 6.42 Å². The fraction of sp³-hybridized carbons (Fsp3) is 0.714. The summed E-state index contributed by atoms with van der Waals surface area (Å²) in [7, 11) is 0. The van der Waals surface area contributed by atoms with Gasteiger partial charge in [0.2, 0.25) is 0 Å². The fourth-order valence-corrected chi connectivity index (χ4v) is 3.47. The average molecular weight is 338 g/mol. The van der Waals surface area contributed by atoms with Crippen LogP contribution in [0.1, 0.15) is 79.2 Å². The van der Waals surface area contributed by atoms with Crippen molar-refractivity contribution in [2.24, 2.45) is 5.92 Å². The summed E-state index contributed by atoms with van der Waals surface area (Å²) in [6.45, 7) is 15.1. The highest BCUT2D eigenvalue weighted by Crippen LogP contribution is 2.28. The molecule has 0 atom stereocenters. The third-order valence-corrected chi connectivity index (χ3v) is 5.08. The van der Waals surface area contributed by atoms with E-state index in [0.717, 1.165) is 5.92 Å². The van der Waals surface area contributed by atoms with Gasteiger partial charge in [-0.2, -0.15) is 0 Å². The summed E-state index contributed by atoms with van der Waals surface area (Å²) < 4.78 is 2.52. The van der Waals surface area contributed by atoms with E-state index in [-0.39, 0.29) is 0 Å². The van der Waals surface area contributed by atoms with Gasteiger partial charge in [0, 0.05) is 18.0 Å². The molecule has 1 saturated heterocycles. The van der Waals surface area contributed by atoms with Gasteiger partial charge in [-0.3, -0.25) is 0 Å². The van der Waals surface area contributed by atoms with E-state index in [1.807, 2.05) is 39.6 Å². The van der Waals surface area contributed by atoms with E-state index in [9.17, 15) is 0 Å². The van der Waals surface area contributed by atoms with Crippen LogP contribution in [0.2, 0.25) is 0 Å². The van der Waals surface area contributed by atoms with Gasteiger partial charge in [0.1, 0.15) is 0 Å². The Kier molecular flexibility index (Phi) is 14.8. The number of hydrogen-bond donors (Lipinski definition) is 0. The normalized spacial score (nSPS) is 15.2. The molecule has 0 N–H and O–H groups in total. The third-order valence-electron chi connectivity index (χ3n) is 3.97. The van der Waals surface area contributed by atoms with Gasteiger partial charge in [0.25, 0.3) is 0 Å². The second kappa shape index (κ2) is 15.1. The standard InChI is InChI=1S/C17H27NS.2C2H6/c1-3-4-5-6-16-7-9-17(10-8-16)19-18-13-11-15(2)12-14-18;2*1-2/h7-10,15H,3-6,11-14H2,1-2H3;2*1-2H3. The number of unbranched alkanes of at least 4 members (excludes halogenated alkanes) is 2. The first kappa shape index (κ1) is 22.5. The molecule has 134 valence electrons. The van der Waals surface area contributed by atoms with Gasteiger partial charge in [-0.15, -0.1) is 0 Å². The molecule has 1 heterocycles. The number of nitrogens with zero attached hydrogens (tertiary/aromatic N) is 1. The molecule has 1 fully saturated rings. The average Bonchev–Trinajstić information content (AvgIpc) is 2.62. The first-order chi connectivity index (χ1) is 11.3. The van der Waals surface area contributed by atoms with Gasteiger partial charge in [-0.05, 0) is 61.2 Å². The minimum absolute atomic E-state index is 0.915. The minimum Gasteiger partial charge on any atom is -0.246 e. The SMILES string of the molecule is CC.CC.CCCCCc1ccc(SN2CCC(C)CC2)cc1. The summed E-state index contributed by atoms with van der Waals surface area (Å²) in [5, 5.41) is 0. The zero-order valence-corrected chi connectivity index (χ0v) is 17.2. The van der Waals surface area contributed by atoms with Crippen molar-refractivity contribution in [2.75, 3.05) is 13.1 Å². The van der Waals surface area contributed by atoms with E-state index >= 15 is 0 Å². The molecular formula is C21H39NS. The molecule has 0 unspecified atom stereocenters. The molecule has 0 radical (unpaired) electrons. The molecule has 1 aromatic rings. The quantitative estimate of drug-likeness (QED) is 0.398. The molecule has 0 amide bonds. The molecule has 0 bridgehead atoms. The van der Waals surface area contributed by atoms with Crippen LogP contribution in [0.5, 0.6) is 0 Å². The van der Waals surface area contributed by atoms with Gasteiger partial charge in [-0.1, -0.05) is 66.5 Å². The van der Waals surface area contributed by atoms with Crippen molar-refractivity contribution >= 4 is 11.9 Å². The number of hydrogen-bond acceptors (Lipinski definition) is 2. The van der Waals surface area contributed by atoms with E-state index in [2.05, 4.69) is 42.4 Å². The molecule has 1 aliphatic heterocycles.